The number of hydrogen-bond acceptors (Lipinski definition) is 3. The number of piperazine rings is 1. The summed E-state index contributed by atoms with van der Waals surface area (Å²) >= 11 is 1.88. The molecule has 2 saturated heterocycles. The van der Waals surface area contributed by atoms with Crippen molar-refractivity contribution in [2.75, 3.05) is 31.1 Å². The molecule has 2 aliphatic heterocycles. The van der Waals surface area contributed by atoms with Crippen molar-refractivity contribution in [1.29, 1.82) is 0 Å². The molecule has 0 aromatic rings. The molecule has 2 amide bonds. The normalized spacial score (nSPS) is 24.4. The number of carbonyl (C=O) groups excluding carboxylic acids is 2. The molecule has 0 bridgehead atoms. The van der Waals surface area contributed by atoms with Crippen LogP contribution in [0.1, 0.15) is 26.2 Å². The number of fused-ring (bicyclic) bond motifs is 1. The Morgan fingerprint density at radius 1 is 1.41 bits per heavy atom. The van der Waals surface area contributed by atoms with E-state index in [1.54, 1.807) is 9.80 Å². The van der Waals surface area contributed by atoms with Gasteiger partial charge in [0.05, 0.1) is 6.54 Å². The molecule has 0 radical (unpaired) electrons. The van der Waals surface area contributed by atoms with Crippen LogP contribution < -0.4 is 0 Å². The smallest absolute Gasteiger partial charge is 0.245 e. The lowest BCUT2D eigenvalue weighted by atomic mass is 10.1. The zero-order valence-electron chi connectivity index (χ0n) is 10.4. The molecular weight excluding hydrogens is 236 g/mol. The van der Waals surface area contributed by atoms with Gasteiger partial charge in [0.1, 0.15) is 6.04 Å². The van der Waals surface area contributed by atoms with Gasteiger partial charge in [-0.2, -0.15) is 11.8 Å². The molecule has 0 aliphatic carbocycles. The monoisotopic (exact) mass is 256 g/mol. The molecule has 2 heterocycles. The molecule has 2 rings (SSSR count). The maximum Gasteiger partial charge on any atom is 0.245 e. The highest BCUT2D eigenvalue weighted by Crippen LogP contribution is 2.23. The molecule has 0 saturated carbocycles. The summed E-state index contributed by atoms with van der Waals surface area (Å²) in [5.74, 6) is 2.49. The van der Waals surface area contributed by atoms with Gasteiger partial charge in [-0.1, -0.05) is 6.92 Å². The summed E-state index contributed by atoms with van der Waals surface area (Å²) in [6.45, 7) is 3.94. The fraction of sp³-hybridized carbons (Fsp3) is 0.833. The second-order valence-corrected chi connectivity index (χ2v) is 5.95. The van der Waals surface area contributed by atoms with Crippen LogP contribution in [0.4, 0.5) is 0 Å². The number of thioether (sulfide) groups is 1. The zero-order valence-corrected chi connectivity index (χ0v) is 11.2. The van der Waals surface area contributed by atoms with Crippen LogP contribution >= 0.6 is 11.8 Å². The molecular formula is C12H20N2O2S. The van der Waals surface area contributed by atoms with E-state index >= 15 is 0 Å². The Morgan fingerprint density at radius 3 is 3.00 bits per heavy atom. The van der Waals surface area contributed by atoms with Crippen LogP contribution in [0.15, 0.2) is 0 Å². The number of nitrogens with zero attached hydrogens (tertiary/aromatic N) is 2. The van der Waals surface area contributed by atoms with Crippen molar-refractivity contribution >= 4 is 23.6 Å². The van der Waals surface area contributed by atoms with Gasteiger partial charge in [0.25, 0.3) is 0 Å². The van der Waals surface area contributed by atoms with Gasteiger partial charge in [0.15, 0.2) is 0 Å². The predicted octanol–water partition coefficient (Wildman–Crippen LogP) is 0.963. The average Bonchev–Trinajstić information content (AvgIpc) is 2.80. The second kappa shape index (κ2) is 5.76. The molecule has 1 atom stereocenters. The van der Waals surface area contributed by atoms with Gasteiger partial charge in [-0.15, -0.1) is 0 Å². The van der Waals surface area contributed by atoms with E-state index in [0.29, 0.717) is 6.54 Å². The summed E-state index contributed by atoms with van der Waals surface area (Å²) in [4.78, 5) is 27.5. The molecule has 0 N–H and O–H groups in total. The fourth-order valence-electron chi connectivity index (χ4n) is 2.56. The summed E-state index contributed by atoms with van der Waals surface area (Å²) in [7, 11) is 0. The lowest BCUT2D eigenvalue weighted by Gasteiger charge is -2.36. The van der Waals surface area contributed by atoms with Crippen LogP contribution in [0.3, 0.4) is 0 Å². The Labute approximate surface area is 107 Å². The highest BCUT2D eigenvalue weighted by atomic mass is 32.2. The van der Waals surface area contributed by atoms with Crippen LogP contribution in [0.5, 0.6) is 0 Å². The van der Waals surface area contributed by atoms with Crippen LogP contribution in [0.2, 0.25) is 0 Å². The van der Waals surface area contributed by atoms with Gasteiger partial charge < -0.3 is 9.80 Å². The first-order valence-electron chi connectivity index (χ1n) is 6.40. The molecule has 0 spiro atoms. The van der Waals surface area contributed by atoms with Gasteiger partial charge in [-0.3, -0.25) is 9.59 Å². The van der Waals surface area contributed by atoms with E-state index < -0.39 is 0 Å². The Bertz CT molecular complexity index is 309. The minimum absolute atomic E-state index is 0.134. The summed E-state index contributed by atoms with van der Waals surface area (Å²) in [6.07, 6.45) is 2.82. The Hall–Kier alpha value is -0.710. The summed E-state index contributed by atoms with van der Waals surface area (Å²) in [6, 6.07) is -0.143. The lowest BCUT2D eigenvalue weighted by molar-refractivity contribution is -0.153. The molecule has 5 heteroatoms. The van der Waals surface area contributed by atoms with Crippen LogP contribution in [-0.2, 0) is 9.59 Å². The Kier molecular flexibility index (Phi) is 4.31. The van der Waals surface area contributed by atoms with Gasteiger partial charge in [0.2, 0.25) is 11.8 Å². The van der Waals surface area contributed by atoms with Crippen molar-refractivity contribution in [2.24, 2.45) is 0 Å². The fourth-order valence-corrected chi connectivity index (χ4v) is 3.18. The largest absolute Gasteiger partial charge is 0.332 e. The van der Waals surface area contributed by atoms with E-state index in [2.05, 4.69) is 6.92 Å². The number of amides is 2. The van der Waals surface area contributed by atoms with E-state index in [4.69, 9.17) is 0 Å². The third-order valence-electron chi connectivity index (χ3n) is 3.42. The van der Waals surface area contributed by atoms with Gasteiger partial charge >= 0.3 is 0 Å². The van der Waals surface area contributed by atoms with E-state index in [1.807, 2.05) is 11.8 Å². The maximum absolute atomic E-state index is 12.1. The summed E-state index contributed by atoms with van der Waals surface area (Å²) < 4.78 is 0. The standard InChI is InChI=1S/C12H20N2O2S/c1-2-17-8-4-6-13-9-11(15)14-7-3-5-10(14)12(13)16/h10H,2-9H2,1H3. The van der Waals surface area contributed by atoms with Crippen LogP contribution in [-0.4, -0.2) is 58.8 Å². The topological polar surface area (TPSA) is 40.6 Å². The quantitative estimate of drug-likeness (QED) is 0.688. The van der Waals surface area contributed by atoms with Gasteiger partial charge in [-0.05, 0) is 30.8 Å². The highest BCUT2D eigenvalue weighted by Gasteiger charge is 2.41. The van der Waals surface area contributed by atoms with Crippen molar-refractivity contribution in [3.63, 3.8) is 0 Å². The first kappa shape index (κ1) is 12.7. The first-order chi connectivity index (χ1) is 8.24. The number of hydrogen-bond donors (Lipinski definition) is 0. The highest BCUT2D eigenvalue weighted by molar-refractivity contribution is 7.99. The van der Waals surface area contributed by atoms with Crippen molar-refractivity contribution in [2.45, 2.75) is 32.2 Å². The van der Waals surface area contributed by atoms with E-state index in [-0.39, 0.29) is 17.9 Å². The van der Waals surface area contributed by atoms with Crippen molar-refractivity contribution in [3.8, 4) is 0 Å². The molecule has 0 aromatic carbocycles. The van der Waals surface area contributed by atoms with Crippen molar-refractivity contribution in [1.82, 2.24) is 9.80 Å². The van der Waals surface area contributed by atoms with Crippen LogP contribution in [0, 0.1) is 0 Å². The van der Waals surface area contributed by atoms with E-state index in [9.17, 15) is 9.59 Å². The minimum atomic E-state index is -0.143. The third kappa shape index (κ3) is 2.76. The second-order valence-electron chi connectivity index (χ2n) is 4.56. The Balaban J connectivity index is 1.86. The summed E-state index contributed by atoms with van der Waals surface area (Å²) in [5.41, 5.74) is 0. The molecule has 4 nitrogen and oxygen atoms in total. The van der Waals surface area contributed by atoms with Gasteiger partial charge in [-0.25, -0.2) is 0 Å². The Morgan fingerprint density at radius 2 is 2.24 bits per heavy atom. The number of carbonyl (C=O) groups is 2. The molecule has 2 aliphatic rings. The maximum atomic E-state index is 12.1. The number of rotatable bonds is 5. The van der Waals surface area contributed by atoms with Crippen molar-refractivity contribution in [3.05, 3.63) is 0 Å². The van der Waals surface area contributed by atoms with E-state index in [1.165, 1.54) is 0 Å². The predicted molar refractivity (Wildman–Crippen MR) is 68.9 cm³/mol. The van der Waals surface area contributed by atoms with Crippen molar-refractivity contribution < 1.29 is 9.59 Å². The summed E-state index contributed by atoms with van der Waals surface area (Å²) in [5, 5.41) is 0. The molecule has 96 valence electrons. The lowest BCUT2D eigenvalue weighted by Crippen LogP contribution is -2.57. The SMILES string of the molecule is CCSCCCN1CC(=O)N2CCCC2C1=O. The molecule has 1 unspecified atom stereocenters. The average molecular weight is 256 g/mol. The third-order valence-corrected chi connectivity index (χ3v) is 4.40. The minimum Gasteiger partial charge on any atom is -0.332 e. The molecule has 0 aromatic heterocycles. The van der Waals surface area contributed by atoms with Gasteiger partial charge in [0, 0.05) is 13.1 Å². The van der Waals surface area contributed by atoms with E-state index in [0.717, 1.165) is 43.9 Å². The first-order valence-corrected chi connectivity index (χ1v) is 7.55. The van der Waals surface area contributed by atoms with Crippen LogP contribution in [0.25, 0.3) is 0 Å². The molecule has 2 fully saturated rings. The molecule has 17 heavy (non-hydrogen) atoms. The zero-order chi connectivity index (χ0) is 12.3.